The number of hydrogen-bond acceptors (Lipinski definition) is 5. The molecule has 3 heterocycles. The average Bonchev–Trinajstić information content (AvgIpc) is 3.54. The maximum Gasteiger partial charge on any atom is 0.187 e. The first-order valence-electron chi connectivity index (χ1n) is 12.2. The Kier molecular flexibility index (Phi) is 7.38. The molecule has 2 aromatic carbocycles. The molecule has 0 bridgehead atoms. The fraction of sp³-hybridized carbons (Fsp3) is 0.444. The molecule has 3 aromatic rings. The Morgan fingerprint density at radius 1 is 1.06 bits per heavy atom. The van der Waals surface area contributed by atoms with Gasteiger partial charge in [0.25, 0.3) is 0 Å². The molecule has 0 amide bonds. The minimum absolute atomic E-state index is 0.136. The van der Waals surface area contributed by atoms with Gasteiger partial charge >= 0.3 is 0 Å². The van der Waals surface area contributed by atoms with Gasteiger partial charge in [-0.1, -0.05) is 35.9 Å². The van der Waals surface area contributed by atoms with Crippen LogP contribution in [-0.2, 0) is 22.4 Å². The molecule has 0 saturated carbocycles. The van der Waals surface area contributed by atoms with Crippen molar-refractivity contribution in [1.82, 2.24) is 9.55 Å². The lowest BCUT2D eigenvalue weighted by molar-refractivity contribution is -0.184. The molecule has 2 saturated heterocycles. The van der Waals surface area contributed by atoms with Crippen molar-refractivity contribution in [2.75, 3.05) is 31.2 Å². The van der Waals surface area contributed by atoms with E-state index >= 15 is 0 Å². The van der Waals surface area contributed by atoms with E-state index in [1.165, 1.54) is 30.5 Å². The third-order valence-electron chi connectivity index (χ3n) is 6.59. The van der Waals surface area contributed by atoms with Crippen LogP contribution in [0.3, 0.4) is 0 Å². The van der Waals surface area contributed by atoms with Crippen LogP contribution in [0.1, 0.15) is 31.2 Å². The second kappa shape index (κ2) is 10.8. The molecule has 7 heteroatoms. The van der Waals surface area contributed by atoms with E-state index in [0.29, 0.717) is 19.8 Å². The Morgan fingerprint density at radius 3 is 2.68 bits per heavy atom. The summed E-state index contributed by atoms with van der Waals surface area (Å²) in [5, 5.41) is 0.743. The van der Waals surface area contributed by atoms with Crippen LogP contribution in [0, 0.1) is 0 Å². The molecule has 6 nitrogen and oxygen atoms in total. The standard InChI is InChI=1S/C27H32ClN3O3/c28-23-10-8-22(9-11-23)12-13-27(20-30-17-14-29-21-30)33-19-24(34-27)18-32-26-7-3-2-6-25(26)31-15-4-1-5-16-31/h2-3,6-11,14,17,21,24H,1,4-5,12-13,15-16,18-20H2. The van der Waals surface area contributed by atoms with E-state index in [0.717, 1.165) is 36.7 Å². The summed E-state index contributed by atoms with van der Waals surface area (Å²) in [6.07, 6.45) is 10.7. The molecule has 2 fully saturated rings. The van der Waals surface area contributed by atoms with Crippen molar-refractivity contribution >= 4 is 17.3 Å². The Balaban J connectivity index is 1.24. The highest BCUT2D eigenvalue weighted by Crippen LogP contribution is 2.34. The molecule has 0 radical (unpaired) electrons. The molecule has 34 heavy (non-hydrogen) atoms. The number of para-hydroxylation sites is 2. The van der Waals surface area contributed by atoms with Crippen molar-refractivity contribution in [3.05, 3.63) is 77.8 Å². The van der Waals surface area contributed by atoms with Gasteiger partial charge in [-0.15, -0.1) is 0 Å². The van der Waals surface area contributed by atoms with Gasteiger partial charge in [0.05, 0.1) is 25.2 Å². The number of ether oxygens (including phenoxy) is 3. The van der Waals surface area contributed by atoms with E-state index in [2.05, 4.69) is 40.2 Å². The van der Waals surface area contributed by atoms with Gasteiger partial charge in [-0.05, 0) is 55.5 Å². The van der Waals surface area contributed by atoms with Gasteiger partial charge in [0, 0.05) is 36.9 Å². The molecule has 2 aliphatic heterocycles. The summed E-state index contributed by atoms with van der Waals surface area (Å²) in [5.41, 5.74) is 2.38. The van der Waals surface area contributed by atoms with Crippen molar-refractivity contribution in [3.63, 3.8) is 0 Å². The SMILES string of the molecule is Clc1ccc(CCC2(Cn3ccnc3)OCC(COc3ccccc3N3CCCCC3)O2)cc1. The number of aryl methyl sites for hydroxylation is 1. The van der Waals surface area contributed by atoms with E-state index in [1.807, 2.05) is 29.0 Å². The predicted octanol–water partition coefficient (Wildman–Crippen LogP) is 5.35. The maximum absolute atomic E-state index is 6.54. The smallest absolute Gasteiger partial charge is 0.187 e. The van der Waals surface area contributed by atoms with Gasteiger partial charge < -0.3 is 23.7 Å². The van der Waals surface area contributed by atoms with Gasteiger partial charge in [-0.2, -0.15) is 0 Å². The van der Waals surface area contributed by atoms with E-state index < -0.39 is 5.79 Å². The molecule has 1 aromatic heterocycles. The third kappa shape index (κ3) is 5.74. The van der Waals surface area contributed by atoms with Crippen LogP contribution in [0.5, 0.6) is 5.75 Å². The molecule has 2 aliphatic rings. The summed E-state index contributed by atoms with van der Waals surface area (Å²) < 4.78 is 21.2. The summed E-state index contributed by atoms with van der Waals surface area (Å²) in [5.74, 6) is 0.196. The van der Waals surface area contributed by atoms with Crippen LogP contribution in [0.25, 0.3) is 0 Å². The van der Waals surface area contributed by atoms with Gasteiger partial charge in [0.2, 0.25) is 0 Å². The Bertz CT molecular complexity index is 1040. The number of anilines is 1. The zero-order valence-electron chi connectivity index (χ0n) is 19.4. The molecule has 0 N–H and O–H groups in total. The zero-order chi connectivity index (χ0) is 23.2. The molecule has 0 aliphatic carbocycles. The van der Waals surface area contributed by atoms with Crippen molar-refractivity contribution in [1.29, 1.82) is 0 Å². The number of hydrogen-bond donors (Lipinski definition) is 0. The van der Waals surface area contributed by atoms with E-state index in [-0.39, 0.29) is 6.10 Å². The topological polar surface area (TPSA) is 48.8 Å². The number of benzene rings is 2. The molecule has 180 valence electrons. The molecule has 2 unspecified atom stereocenters. The minimum Gasteiger partial charge on any atom is -0.489 e. The van der Waals surface area contributed by atoms with Crippen molar-refractivity contribution in [2.45, 2.75) is 50.5 Å². The monoisotopic (exact) mass is 481 g/mol. The molecule has 5 rings (SSSR count). The first-order valence-corrected chi connectivity index (χ1v) is 12.6. The van der Waals surface area contributed by atoms with Crippen LogP contribution in [0.15, 0.2) is 67.3 Å². The predicted molar refractivity (Wildman–Crippen MR) is 134 cm³/mol. The van der Waals surface area contributed by atoms with Gasteiger partial charge in [-0.25, -0.2) is 4.98 Å². The van der Waals surface area contributed by atoms with Gasteiger partial charge in [0.1, 0.15) is 18.5 Å². The second-order valence-corrected chi connectivity index (χ2v) is 9.59. The van der Waals surface area contributed by atoms with Crippen molar-refractivity contribution in [2.24, 2.45) is 0 Å². The largest absolute Gasteiger partial charge is 0.489 e. The number of rotatable bonds is 9. The minimum atomic E-state index is -0.721. The quantitative estimate of drug-likeness (QED) is 0.412. The summed E-state index contributed by atoms with van der Waals surface area (Å²) in [6.45, 7) is 3.71. The maximum atomic E-state index is 6.54. The molecular formula is C27H32ClN3O3. The van der Waals surface area contributed by atoms with Crippen molar-refractivity contribution < 1.29 is 14.2 Å². The van der Waals surface area contributed by atoms with E-state index in [9.17, 15) is 0 Å². The lowest BCUT2D eigenvalue weighted by atomic mass is 10.0. The fourth-order valence-electron chi connectivity index (χ4n) is 4.79. The average molecular weight is 482 g/mol. The Labute approximate surface area is 206 Å². The summed E-state index contributed by atoms with van der Waals surface area (Å²) in [7, 11) is 0. The van der Waals surface area contributed by atoms with Crippen LogP contribution < -0.4 is 9.64 Å². The van der Waals surface area contributed by atoms with E-state index in [1.54, 1.807) is 12.5 Å². The zero-order valence-corrected chi connectivity index (χ0v) is 20.2. The number of piperidine rings is 1. The number of imidazole rings is 1. The summed E-state index contributed by atoms with van der Waals surface area (Å²) >= 11 is 6.05. The first kappa shape index (κ1) is 23.2. The fourth-order valence-corrected chi connectivity index (χ4v) is 4.92. The lowest BCUT2D eigenvalue weighted by Gasteiger charge is -2.30. The van der Waals surface area contributed by atoms with Crippen molar-refractivity contribution in [3.8, 4) is 5.75 Å². The van der Waals surface area contributed by atoms with Gasteiger partial charge in [-0.3, -0.25) is 0 Å². The molecular weight excluding hydrogens is 450 g/mol. The normalized spacial score (nSPS) is 22.7. The molecule has 0 spiro atoms. The van der Waals surface area contributed by atoms with Gasteiger partial charge in [0.15, 0.2) is 5.79 Å². The van der Waals surface area contributed by atoms with E-state index in [4.69, 9.17) is 25.8 Å². The summed E-state index contributed by atoms with van der Waals surface area (Å²) in [4.78, 5) is 6.61. The Morgan fingerprint density at radius 2 is 1.88 bits per heavy atom. The van der Waals surface area contributed by atoms with Crippen LogP contribution in [0.4, 0.5) is 5.69 Å². The highest BCUT2D eigenvalue weighted by molar-refractivity contribution is 6.30. The summed E-state index contributed by atoms with van der Waals surface area (Å²) in [6, 6.07) is 16.3. The number of nitrogens with zero attached hydrogens (tertiary/aromatic N) is 3. The number of halogens is 1. The highest BCUT2D eigenvalue weighted by Gasteiger charge is 2.42. The van der Waals surface area contributed by atoms with Crippen LogP contribution in [-0.4, -0.2) is 47.7 Å². The first-order chi connectivity index (χ1) is 16.7. The third-order valence-corrected chi connectivity index (χ3v) is 6.84. The second-order valence-electron chi connectivity index (χ2n) is 9.15. The van der Waals surface area contributed by atoms with Crippen LogP contribution in [0.2, 0.25) is 5.02 Å². The highest BCUT2D eigenvalue weighted by atomic mass is 35.5. The van der Waals surface area contributed by atoms with Crippen LogP contribution >= 0.6 is 11.6 Å². The Hall–Kier alpha value is -2.54. The molecule has 2 atom stereocenters. The number of aromatic nitrogens is 2. The lowest BCUT2D eigenvalue weighted by Crippen LogP contribution is -2.37.